The van der Waals surface area contributed by atoms with Crippen LogP contribution < -0.4 is 9.47 Å². The maximum absolute atomic E-state index is 13.7. The van der Waals surface area contributed by atoms with E-state index in [2.05, 4.69) is 61.8 Å². The highest BCUT2D eigenvalue weighted by atomic mass is 35.5. The zero-order valence-corrected chi connectivity index (χ0v) is 36.3. The number of nitrogens with zero attached hydrogens (tertiary/aromatic N) is 2. The van der Waals surface area contributed by atoms with Crippen LogP contribution in [0.3, 0.4) is 0 Å². The summed E-state index contributed by atoms with van der Waals surface area (Å²) in [5.74, 6) is -0.528. The van der Waals surface area contributed by atoms with Crippen LogP contribution in [-0.2, 0) is 44.7 Å². The fourth-order valence-electron chi connectivity index (χ4n) is 7.10. The SMILES string of the molecule is CCCN(CCC)C(CCc1cc(Cl)ccc1OCCc1ccccc1)OC(=O)C(=O)OC(CCc1cc(Cl)ccc1OCCc1ccccc1)N(CCC)CCC. The summed E-state index contributed by atoms with van der Waals surface area (Å²) in [4.78, 5) is 31.7. The monoisotopic (exact) mass is 832 g/mol. The number of benzene rings is 4. The minimum Gasteiger partial charge on any atom is -0.493 e. The molecule has 0 radical (unpaired) electrons. The lowest BCUT2D eigenvalue weighted by molar-refractivity contribution is -0.186. The Kier molecular flexibility index (Phi) is 21.0. The molecule has 0 aromatic heterocycles. The van der Waals surface area contributed by atoms with Crippen molar-refractivity contribution in [1.29, 1.82) is 0 Å². The maximum atomic E-state index is 13.7. The van der Waals surface area contributed by atoms with Crippen LogP contribution >= 0.6 is 23.2 Å². The Balaban J connectivity index is 1.46. The van der Waals surface area contributed by atoms with Crippen LogP contribution in [0.25, 0.3) is 0 Å². The van der Waals surface area contributed by atoms with E-state index in [9.17, 15) is 9.59 Å². The summed E-state index contributed by atoms with van der Waals surface area (Å²) in [5.41, 5.74) is 4.21. The molecule has 4 aromatic carbocycles. The van der Waals surface area contributed by atoms with E-state index >= 15 is 0 Å². The van der Waals surface area contributed by atoms with Gasteiger partial charge in [0, 0.05) is 61.9 Å². The first-order chi connectivity index (χ1) is 28.2. The summed E-state index contributed by atoms with van der Waals surface area (Å²) in [5, 5.41) is 1.19. The summed E-state index contributed by atoms with van der Waals surface area (Å²) >= 11 is 12.9. The molecule has 0 fully saturated rings. The molecule has 8 nitrogen and oxygen atoms in total. The van der Waals surface area contributed by atoms with Gasteiger partial charge in [0.15, 0.2) is 12.5 Å². The van der Waals surface area contributed by atoms with E-state index in [1.54, 1.807) is 0 Å². The highest BCUT2D eigenvalue weighted by Gasteiger charge is 2.31. The third-order valence-corrected chi connectivity index (χ3v) is 10.3. The Labute approximate surface area is 356 Å². The fourth-order valence-corrected chi connectivity index (χ4v) is 7.49. The van der Waals surface area contributed by atoms with Crippen LogP contribution in [0.4, 0.5) is 0 Å². The van der Waals surface area contributed by atoms with Gasteiger partial charge < -0.3 is 18.9 Å². The quantitative estimate of drug-likeness (QED) is 0.0352. The average Bonchev–Trinajstić information content (AvgIpc) is 3.23. The number of aryl methyl sites for hydroxylation is 2. The Morgan fingerprint density at radius 1 is 0.517 bits per heavy atom. The summed E-state index contributed by atoms with van der Waals surface area (Å²) in [6, 6.07) is 31.6. The summed E-state index contributed by atoms with van der Waals surface area (Å²) in [6.45, 7) is 12.2. The van der Waals surface area contributed by atoms with Crippen LogP contribution in [0.15, 0.2) is 97.1 Å². The topological polar surface area (TPSA) is 77.5 Å². The second kappa shape index (κ2) is 26.1. The molecule has 0 aliphatic carbocycles. The molecule has 0 heterocycles. The van der Waals surface area contributed by atoms with Crippen LogP contribution in [0, 0.1) is 0 Å². The second-order valence-electron chi connectivity index (χ2n) is 14.5. The molecule has 314 valence electrons. The van der Waals surface area contributed by atoms with E-state index in [1.807, 2.05) is 72.8 Å². The molecule has 4 aromatic rings. The van der Waals surface area contributed by atoms with Gasteiger partial charge in [-0.15, -0.1) is 0 Å². The highest BCUT2D eigenvalue weighted by molar-refractivity contribution is 6.31. The summed E-state index contributed by atoms with van der Waals surface area (Å²) in [7, 11) is 0. The van der Waals surface area contributed by atoms with Gasteiger partial charge in [-0.1, -0.05) is 112 Å². The van der Waals surface area contributed by atoms with Crippen molar-refractivity contribution >= 4 is 35.1 Å². The number of carbonyl (C=O) groups is 2. The van der Waals surface area contributed by atoms with E-state index in [0.717, 1.165) is 61.2 Å². The van der Waals surface area contributed by atoms with Crippen molar-refractivity contribution in [3.63, 3.8) is 0 Å². The van der Waals surface area contributed by atoms with Gasteiger partial charge in [-0.25, -0.2) is 9.59 Å². The Hall–Kier alpha value is -4.08. The van der Waals surface area contributed by atoms with Gasteiger partial charge in [0.05, 0.1) is 13.2 Å². The van der Waals surface area contributed by atoms with Crippen LogP contribution in [0.2, 0.25) is 10.0 Å². The van der Waals surface area contributed by atoms with Crippen molar-refractivity contribution in [2.75, 3.05) is 39.4 Å². The molecule has 0 N–H and O–H groups in total. The lowest BCUT2D eigenvalue weighted by atomic mass is 10.1. The molecule has 0 aliphatic heterocycles. The highest BCUT2D eigenvalue weighted by Crippen LogP contribution is 2.28. The van der Waals surface area contributed by atoms with Crippen LogP contribution in [0.5, 0.6) is 11.5 Å². The van der Waals surface area contributed by atoms with E-state index in [1.165, 1.54) is 11.1 Å². The van der Waals surface area contributed by atoms with E-state index in [0.29, 0.717) is 75.1 Å². The zero-order valence-electron chi connectivity index (χ0n) is 34.8. The average molecular weight is 834 g/mol. The van der Waals surface area contributed by atoms with E-state index < -0.39 is 24.4 Å². The number of hydrogen-bond donors (Lipinski definition) is 0. The Morgan fingerprint density at radius 2 is 0.879 bits per heavy atom. The molecule has 2 atom stereocenters. The van der Waals surface area contributed by atoms with Crippen molar-refractivity contribution < 1.29 is 28.5 Å². The van der Waals surface area contributed by atoms with Gasteiger partial charge in [-0.2, -0.15) is 0 Å². The smallest absolute Gasteiger partial charge is 0.419 e. The third-order valence-electron chi connectivity index (χ3n) is 9.86. The van der Waals surface area contributed by atoms with Crippen LogP contribution in [-0.4, -0.2) is 73.6 Å². The molecular formula is C48H62Cl2N2O6. The second-order valence-corrected chi connectivity index (χ2v) is 15.4. The number of esters is 2. The molecule has 0 saturated heterocycles. The molecule has 0 amide bonds. The molecule has 2 unspecified atom stereocenters. The standard InChI is InChI=1S/C48H62Cl2N2O6/c1-5-29-51(30-6-2)45(25-19-39-35-41(49)21-23-43(39)55-33-27-37-15-11-9-12-16-37)57-47(53)48(54)58-46(52(31-7-3)32-8-4)26-20-40-36-42(50)22-24-44(40)56-34-28-38-17-13-10-14-18-38/h9-18,21-24,35-36,45-46H,5-8,19-20,25-34H2,1-4H3. The number of ether oxygens (including phenoxy) is 4. The number of halogens is 2. The minimum absolute atomic E-state index is 0.442. The van der Waals surface area contributed by atoms with Gasteiger partial charge in [-0.05, 0) is 97.2 Å². The molecule has 0 aliphatic rings. The van der Waals surface area contributed by atoms with E-state index in [-0.39, 0.29) is 0 Å². The van der Waals surface area contributed by atoms with Crippen molar-refractivity contribution in [1.82, 2.24) is 9.80 Å². The summed E-state index contributed by atoms with van der Waals surface area (Å²) in [6.07, 6.45) is 5.59. The van der Waals surface area contributed by atoms with Gasteiger partial charge in [0.25, 0.3) is 0 Å². The predicted molar refractivity (Wildman–Crippen MR) is 235 cm³/mol. The molecule has 0 spiro atoms. The number of rotatable bonds is 26. The van der Waals surface area contributed by atoms with Crippen molar-refractivity contribution in [2.45, 2.75) is 104 Å². The Bertz CT molecular complexity index is 1650. The Morgan fingerprint density at radius 3 is 1.22 bits per heavy atom. The zero-order chi connectivity index (χ0) is 41.5. The minimum atomic E-state index is -1.00. The lowest BCUT2D eigenvalue weighted by Gasteiger charge is -2.32. The first-order valence-corrected chi connectivity index (χ1v) is 21.8. The van der Waals surface area contributed by atoms with Gasteiger partial charge in [-0.3, -0.25) is 9.80 Å². The lowest BCUT2D eigenvalue weighted by Crippen LogP contribution is -2.44. The van der Waals surface area contributed by atoms with Crippen molar-refractivity contribution in [2.24, 2.45) is 0 Å². The maximum Gasteiger partial charge on any atom is 0.419 e. The van der Waals surface area contributed by atoms with E-state index in [4.69, 9.17) is 42.1 Å². The van der Waals surface area contributed by atoms with Crippen molar-refractivity contribution in [3.05, 3.63) is 129 Å². The molecule has 4 rings (SSSR count). The molecule has 0 saturated carbocycles. The van der Waals surface area contributed by atoms with Gasteiger partial charge in [0.1, 0.15) is 11.5 Å². The summed E-state index contributed by atoms with van der Waals surface area (Å²) < 4.78 is 24.6. The first kappa shape index (κ1) is 46.6. The first-order valence-electron chi connectivity index (χ1n) is 21.0. The van der Waals surface area contributed by atoms with Crippen LogP contribution in [0.1, 0.15) is 88.5 Å². The van der Waals surface area contributed by atoms with Gasteiger partial charge >= 0.3 is 11.9 Å². The molecule has 58 heavy (non-hydrogen) atoms. The third kappa shape index (κ3) is 15.9. The predicted octanol–water partition coefficient (Wildman–Crippen LogP) is 10.8. The molecule has 10 heteroatoms. The molecule has 0 bridgehead atoms. The fraction of sp³-hybridized carbons (Fsp3) is 0.458. The van der Waals surface area contributed by atoms with Gasteiger partial charge in [0.2, 0.25) is 0 Å². The largest absolute Gasteiger partial charge is 0.493 e. The van der Waals surface area contributed by atoms with Crippen molar-refractivity contribution in [3.8, 4) is 11.5 Å². The molecular weight excluding hydrogens is 771 g/mol. The number of hydrogen-bond acceptors (Lipinski definition) is 8. The normalized spacial score (nSPS) is 12.3. The number of carbonyl (C=O) groups excluding carboxylic acids is 2.